The van der Waals surface area contributed by atoms with Crippen LogP contribution in [0.3, 0.4) is 0 Å². The molecule has 0 aromatic carbocycles. The van der Waals surface area contributed by atoms with Crippen LogP contribution in [-0.4, -0.2) is 50.7 Å². The van der Waals surface area contributed by atoms with Crippen LogP contribution in [0.2, 0.25) is 0 Å². The Labute approximate surface area is 107 Å². The van der Waals surface area contributed by atoms with E-state index in [0.29, 0.717) is 0 Å². The minimum Gasteiger partial charge on any atom is -0.481 e. The Morgan fingerprint density at radius 2 is 1.21 bits per heavy atom. The molecule has 0 aliphatic carbocycles. The molecule has 0 bridgehead atoms. The number of hydrogen-bond donors (Lipinski definition) is 1. The topological polar surface area (TPSA) is 112 Å². The van der Waals surface area contributed by atoms with Crippen molar-refractivity contribution in [2.24, 2.45) is 0 Å². The molecule has 102 valence electrons. The first-order valence-electron chi connectivity index (χ1n) is 5.83. The number of imide groups is 2. The number of likely N-dealkylation sites (tertiary alicyclic amines) is 2. The molecular formula is C11H12N2O6. The van der Waals surface area contributed by atoms with Crippen molar-refractivity contribution in [3.05, 3.63) is 0 Å². The quantitative estimate of drug-likeness (QED) is 0.660. The van der Waals surface area contributed by atoms with Crippen molar-refractivity contribution >= 4 is 29.6 Å². The molecule has 2 saturated heterocycles. The minimum absolute atomic E-state index is 0.0226. The van der Waals surface area contributed by atoms with Crippen LogP contribution >= 0.6 is 0 Å². The van der Waals surface area contributed by atoms with Gasteiger partial charge in [0.1, 0.15) is 6.17 Å². The molecule has 0 aromatic rings. The number of carbonyl (C=O) groups is 5. The summed E-state index contributed by atoms with van der Waals surface area (Å²) in [6.45, 7) is 0. The van der Waals surface area contributed by atoms with Gasteiger partial charge < -0.3 is 5.11 Å². The van der Waals surface area contributed by atoms with Crippen LogP contribution in [0.1, 0.15) is 32.1 Å². The van der Waals surface area contributed by atoms with Crippen LogP contribution in [0, 0.1) is 0 Å². The van der Waals surface area contributed by atoms with Gasteiger partial charge in [0.05, 0.1) is 6.42 Å². The molecule has 0 unspecified atom stereocenters. The Bertz CT molecular complexity index is 418. The maximum atomic E-state index is 11.6. The number of amides is 4. The summed E-state index contributed by atoms with van der Waals surface area (Å²) in [5.41, 5.74) is 0. The first kappa shape index (κ1) is 13.2. The lowest BCUT2D eigenvalue weighted by molar-refractivity contribution is -0.156. The summed E-state index contributed by atoms with van der Waals surface area (Å²) in [6.07, 6.45) is -2.07. The van der Waals surface area contributed by atoms with Gasteiger partial charge in [-0.05, 0) is 0 Å². The van der Waals surface area contributed by atoms with Gasteiger partial charge in [0.2, 0.25) is 23.6 Å². The van der Waals surface area contributed by atoms with Gasteiger partial charge in [-0.25, -0.2) is 0 Å². The Balaban J connectivity index is 2.32. The number of carbonyl (C=O) groups excluding carboxylic acids is 4. The highest BCUT2D eigenvalue weighted by Crippen LogP contribution is 2.25. The Morgan fingerprint density at radius 3 is 1.47 bits per heavy atom. The van der Waals surface area contributed by atoms with Crippen molar-refractivity contribution < 1.29 is 29.1 Å². The number of carboxylic acid groups (broad SMARTS) is 1. The third-order valence-electron chi connectivity index (χ3n) is 3.13. The summed E-state index contributed by atoms with van der Waals surface area (Å²) < 4.78 is 0. The van der Waals surface area contributed by atoms with E-state index in [9.17, 15) is 24.0 Å². The van der Waals surface area contributed by atoms with Gasteiger partial charge in [-0.2, -0.15) is 0 Å². The number of carboxylic acids is 1. The molecule has 0 aromatic heterocycles. The van der Waals surface area contributed by atoms with E-state index in [2.05, 4.69) is 0 Å². The van der Waals surface area contributed by atoms with E-state index >= 15 is 0 Å². The molecule has 0 atom stereocenters. The molecule has 2 aliphatic heterocycles. The first-order valence-corrected chi connectivity index (χ1v) is 5.83. The maximum Gasteiger partial charge on any atom is 0.307 e. The van der Waals surface area contributed by atoms with Gasteiger partial charge in [-0.15, -0.1) is 0 Å². The minimum atomic E-state index is -1.33. The molecule has 2 heterocycles. The fraction of sp³-hybridized carbons (Fsp3) is 0.545. The summed E-state index contributed by atoms with van der Waals surface area (Å²) in [5, 5.41) is 8.85. The van der Waals surface area contributed by atoms with E-state index in [4.69, 9.17) is 5.11 Å². The highest BCUT2D eigenvalue weighted by Gasteiger charge is 2.45. The standard InChI is InChI=1S/C11H12N2O6/c14-7-1-2-8(15)12(7)6(5-11(18)19)13-9(16)3-4-10(13)17/h6H,1-5H2,(H,18,19). The second-order valence-electron chi connectivity index (χ2n) is 4.39. The molecule has 0 spiro atoms. The average Bonchev–Trinajstić information content (AvgIpc) is 2.81. The molecule has 2 aliphatic rings. The number of rotatable bonds is 4. The molecule has 0 radical (unpaired) electrons. The van der Waals surface area contributed by atoms with Crippen molar-refractivity contribution in [1.29, 1.82) is 0 Å². The van der Waals surface area contributed by atoms with E-state index < -0.39 is 42.2 Å². The largest absolute Gasteiger partial charge is 0.481 e. The zero-order valence-corrected chi connectivity index (χ0v) is 10.00. The number of aliphatic carboxylic acids is 1. The number of nitrogens with zero attached hydrogens (tertiary/aromatic N) is 2. The highest BCUT2D eigenvalue weighted by molar-refractivity contribution is 6.06. The third kappa shape index (κ3) is 2.33. The third-order valence-corrected chi connectivity index (χ3v) is 3.13. The normalized spacial score (nSPS) is 20.1. The summed E-state index contributed by atoms with van der Waals surface area (Å²) in [5.74, 6) is -3.50. The molecule has 8 nitrogen and oxygen atoms in total. The van der Waals surface area contributed by atoms with Crippen LogP contribution in [0.5, 0.6) is 0 Å². The number of hydrogen-bond acceptors (Lipinski definition) is 5. The van der Waals surface area contributed by atoms with Gasteiger partial charge >= 0.3 is 5.97 Å². The zero-order chi connectivity index (χ0) is 14.2. The average molecular weight is 268 g/mol. The van der Waals surface area contributed by atoms with Crippen LogP contribution < -0.4 is 0 Å². The van der Waals surface area contributed by atoms with Crippen LogP contribution in [0.15, 0.2) is 0 Å². The Hall–Kier alpha value is -2.25. The van der Waals surface area contributed by atoms with Crippen molar-refractivity contribution in [2.45, 2.75) is 38.3 Å². The maximum absolute atomic E-state index is 11.6. The molecule has 2 rings (SSSR count). The van der Waals surface area contributed by atoms with Gasteiger partial charge in [-0.3, -0.25) is 33.8 Å². The van der Waals surface area contributed by atoms with Gasteiger partial charge in [0.25, 0.3) is 0 Å². The second kappa shape index (κ2) is 4.79. The lowest BCUT2D eigenvalue weighted by Gasteiger charge is -2.31. The van der Waals surface area contributed by atoms with Gasteiger partial charge in [0.15, 0.2) is 0 Å². The van der Waals surface area contributed by atoms with Crippen molar-refractivity contribution in [3.8, 4) is 0 Å². The molecule has 8 heteroatoms. The van der Waals surface area contributed by atoms with Crippen molar-refractivity contribution in [1.82, 2.24) is 9.80 Å². The lowest BCUT2D eigenvalue weighted by atomic mass is 10.2. The van der Waals surface area contributed by atoms with E-state index in [0.717, 1.165) is 9.80 Å². The smallest absolute Gasteiger partial charge is 0.307 e. The molecule has 0 saturated carbocycles. The summed E-state index contributed by atoms with van der Waals surface area (Å²) >= 11 is 0. The fourth-order valence-electron chi connectivity index (χ4n) is 2.31. The van der Waals surface area contributed by atoms with E-state index in [1.807, 2.05) is 0 Å². The van der Waals surface area contributed by atoms with Crippen molar-refractivity contribution in [3.63, 3.8) is 0 Å². The monoisotopic (exact) mass is 268 g/mol. The second-order valence-corrected chi connectivity index (χ2v) is 4.39. The van der Waals surface area contributed by atoms with Gasteiger partial charge in [0, 0.05) is 25.7 Å². The van der Waals surface area contributed by atoms with Crippen LogP contribution in [0.25, 0.3) is 0 Å². The van der Waals surface area contributed by atoms with E-state index in [-0.39, 0.29) is 25.7 Å². The molecule has 4 amide bonds. The summed E-state index contributed by atoms with van der Waals surface area (Å²) in [4.78, 5) is 58.9. The molecule has 2 fully saturated rings. The fourth-order valence-corrected chi connectivity index (χ4v) is 2.31. The van der Waals surface area contributed by atoms with Crippen molar-refractivity contribution in [2.75, 3.05) is 0 Å². The highest BCUT2D eigenvalue weighted by atomic mass is 16.4. The summed E-state index contributed by atoms with van der Waals surface area (Å²) in [7, 11) is 0. The van der Waals surface area contributed by atoms with Gasteiger partial charge in [-0.1, -0.05) is 0 Å². The molecule has 19 heavy (non-hydrogen) atoms. The predicted octanol–water partition coefficient (Wildman–Crippen LogP) is -0.915. The van der Waals surface area contributed by atoms with Crippen LogP contribution in [-0.2, 0) is 24.0 Å². The zero-order valence-electron chi connectivity index (χ0n) is 10.00. The van der Waals surface area contributed by atoms with Crippen LogP contribution in [0.4, 0.5) is 0 Å². The SMILES string of the molecule is O=C(O)CC(N1C(=O)CCC1=O)N1C(=O)CCC1=O. The predicted molar refractivity (Wildman–Crippen MR) is 58.2 cm³/mol. The molecular weight excluding hydrogens is 256 g/mol. The van der Waals surface area contributed by atoms with E-state index in [1.54, 1.807) is 0 Å². The summed E-state index contributed by atoms with van der Waals surface area (Å²) in [6, 6.07) is 0. The lowest BCUT2D eigenvalue weighted by Crippen LogP contribution is -2.53. The Morgan fingerprint density at radius 1 is 0.895 bits per heavy atom. The first-order chi connectivity index (χ1) is 8.91. The Kier molecular flexibility index (Phi) is 3.32. The molecule has 1 N–H and O–H groups in total. The van der Waals surface area contributed by atoms with E-state index in [1.165, 1.54) is 0 Å².